The molecule has 1 amide bonds. The van der Waals surface area contributed by atoms with Gasteiger partial charge in [0.15, 0.2) is 0 Å². The van der Waals surface area contributed by atoms with Gasteiger partial charge in [-0.05, 0) is 18.5 Å². The summed E-state index contributed by atoms with van der Waals surface area (Å²) in [5.74, 6) is -0.565. The van der Waals surface area contributed by atoms with Crippen molar-refractivity contribution in [3.8, 4) is 0 Å². The Bertz CT molecular complexity index is 330. The van der Waals surface area contributed by atoms with Gasteiger partial charge in [-0.2, -0.15) is 0 Å². The van der Waals surface area contributed by atoms with E-state index >= 15 is 0 Å². The van der Waals surface area contributed by atoms with Crippen LogP contribution in [0.4, 0.5) is 10.1 Å². The van der Waals surface area contributed by atoms with Crippen LogP contribution in [0.25, 0.3) is 0 Å². The minimum atomic E-state index is -0.387. The standard InChI is InChI=1S/C8H10B2FNO/c9-4-8(13)12-7-2-1-5(10)3-6(7)11/h1-3H,4,9-10H2,(H,12,13). The summed E-state index contributed by atoms with van der Waals surface area (Å²) in [5, 5.41) is 2.47. The number of carbonyl (C=O) groups excluding carboxylic acids is 1. The first-order valence-electron chi connectivity index (χ1n) is 4.19. The molecule has 1 aromatic rings. The Hall–Kier alpha value is -1.25. The monoisotopic (exact) mass is 177 g/mol. The molecule has 0 radical (unpaired) electrons. The number of benzene rings is 1. The SMILES string of the molecule is BCC(=O)Nc1ccc(B)cc1F. The zero-order valence-corrected chi connectivity index (χ0v) is 7.73. The predicted molar refractivity (Wildman–Crippen MR) is 56.6 cm³/mol. The summed E-state index contributed by atoms with van der Waals surface area (Å²) in [6, 6.07) is 4.72. The topological polar surface area (TPSA) is 29.1 Å². The van der Waals surface area contributed by atoms with Gasteiger partial charge in [-0.15, -0.1) is 0 Å². The Morgan fingerprint density at radius 1 is 1.54 bits per heavy atom. The minimum Gasteiger partial charge on any atom is -0.324 e. The normalized spacial score (nSPS) is 9.62. The lowest BCUT2D eigenvalue weighted by atomic mass is 9.96. The molecule has 0 aromatic heterocycles. The number of anilines is 1. The van der Waals surface area contributed by atoms with E-state index in [1.807, 2.05) is 0 Å². The maximum absolute atomic E-state index is 13.1. The van der Waals surface area contributed by atoms with Crippen LogP contribution in [0, 0.1) is 5.82 Å². The first kappa shape index (κ1) is 9.83. The highest BCUT2D eigenvalue weighted by atomic mass is 19.1. The summed E-state index contributed by atoms with van der Waals surface area (Å²) < 4.78 is 13.1. The molecule has 5 heteroatoms. The van der Waals surface area contributed by atoms with Crippen molar-refractivity contribution >= 4 is 32.7 Å². The van der Waals surface area contributed by atoms with Crippen molar-refractivity contribution in [2.24, 2.45) is 0 Å². The fourth-order valence-electron chi connectivity index (χ4n) is 0.960. The van der Waals surface area contributed by atoms with E-state index in [1.165, 1.54) is 6.07 Å². The van der Waals surface area contributed by atoms with Crippen LogP contribution in [0.15, 0.2) is 18.2 Å². The zero-order chi connectivity index (χ0) is 9.84. The molecule has 0 saturated heterocycles. The molecule has 1 aromatic carbocycles. The van der Waals surface area contributed by atoms with Gasteiger partial charge in [0.2, 0.25) is 5.91 Å². The largest absolute Gasteiger partial charge is 0.324 e. The van der Waals surface area contributed by atoms with Gasteiger partial charge in [0.1, 0.15) is 21.5 Å². The van der Waals surface area contributed by atoms with E-state index in [9.17, 15) is 9.18 Å². The van der Waals surface area contributed by atoms with Gasteiger partial charge in [-0.25, -0.2) is 4.39 Å². The van der Waals surface area contributed by atoms with Crippen LogP contribution < -0.4 is 10.8 Å². The third kappa shape index (κ3) is 2.61. The summed E-state index contributed by atoms with van der Waals surface area (Å²) in [6.45, 7) is 0. The average molecular weight is 177 g/mol. The number of hydrogen-bond acceptors (Lipinski definition) is 1. The van der Waals surface area contributed by atoms with Crippen LogP contribution in [0.3, 0.4) is 0 Å². The average Bonchev–Trinajstić information content (AvgIpc) is 2.09. The quantitative estimate of drug-likeness (QED) is 0.581. The highest BCUT2D eigenvalue weighted by Gasteiger charge is 2.04. The number of rotatable bonds is 2. The number of carbonyl (C=O) groups is 1. The second-order valence-corrected chi connectivity index (χ2v) is 2.89. The molecule has 0 bridgehead atoms. The number of nitrogens with one attached hydrogen (secondary N) is 1. The Balaban J connectivity index is 2.83. The van der Waals surface area contributed by atoms with Crippen molar-refractivity contribution in [1.82, 2.24) is 0 Å². The molecule has 66 valence electrons. The number of halogens is 1. The van der Waals surface area contributed by atoms with E-state index in [2.05, 4.69) is 5.32 Å². The van der Waals surface area contributed by atoms with E-state index in [1.54, 1.807) is 27.8 Å². The Morgan fingerprint density at radius 2 is 2.23 bits per heavy atom. The van der Waals surface area contributed by atoms with E-state index < -0.39 is 0 Å². The van der Waals surface area contributed by atoms with Crippen molar-refractivity contribution in [3.05, 3.63) is 24.0 Å². The fraction of sp³-hybridized carbons (Fsp3) is 0.125. The van der Waals surface area contributed by atoms with Crippen molar-refractivity contribution in [2.75, 3.05) is 5.32 Å². The Labute approximate surface area is 78.3 Å². The molecule has 0 unspecified atom stereocenters. The first-order chi connectivity index (χ1) is 6.13. The molecule has 0 aliphatic rings. The van der Waals surface area contributed by atoms with Crippen LogP contribution in [-0.2, 0) is 4.79 Å². The first-order valence-corrected chi connectivity index (χ1v) is 4.19. The van der Waals surface area contributed by atoms with Gasteiger partial charge < -0.3 is 5.32 Å². The molecule has 13 heavy (non-hydrogen) atoms. The molecule has 0 aliphatic carbocycles. The van der Waals surface area contributed by atoms with Gasteiger partial charge in [0.05, 0.1) is 5.69 Å². The van der Waals surface area contributed by atoms with E-state index in [0.29, 0.717) is 6.32 Å². The third-order valence-corrected chi connectivity index (χ3v) is 1.72. The summed E-state index contributed by atoms with van der Waals surface area (Å²) in [6.07, 6.45) is 0.354. The maximum atomic E-state index is 13.1. The lowest BCUT2D eigenvalue weighted by molar-refractivity contribution is -0.114. The third-order valence-electron chi connectivity index (χ3n) is 1.72. The second kappa shape index (κ2) is 4.12. The molecule has 0 aliphatic heterocycles. The van der Waals surface area contributed by atoms with E-state index in [-0.39, 0.29) is 17.4 Å². The Morgan fingerprint density at radius 3 is 2.77 bits per heavy atom. The zero-order valence-electron chi connectivity index (χ0n) is 7.73. The molecular formula is C8H10B2FNO. The number of hydrogen-bond donors (Lipinski definition) is 1. The van der Waals surface area contributed by atoms with Gasteiger partial charge in [0.25, 0.3) is 0 Å². The molecule has 2 nitrogen and oxygen atoms in total. The van der Waals surface area contributed by atoms with Gasteiger partial charge in [-0.1, -0.05) is 11.5 Å². The summed E-state index contributed by atoms with van der Waals surface area (Å²) in [7, 11) is 3.52. The molecule has 0 fully saturated rings. The lowest BCUT2D eigenvalue weighted by Gasteiger charge is -2.05. The predicted octanol–water partition coefficient (Wildman–Crippen LogP) is -0.926. The van der Waals surface area contributed by atoms with Crippen LogP contribution >= 0.6 is 0 Å². The molecular weight excluding hydrogens is 167 g/mol. The van der Waals surface area contributed by atoms with Gasteiger partial charge in [-0.3, -0.25) is 4.79 Å². The van der Waals surface area contributed by atoms with Crippen LogP contribution in [-0.4, -0.2) is 21.6 Å². The van der Waals surface area contributed by atoms with Crippen molar-refractivity contribution in [1.29, 1.82) is 0 Å². The van der Waals surface area contributed by atoms with Crippen LogP contribution in [0.1, 0.15) is 0 Å². The second-order valence-electron chi connectivity index (χ2n) is 2.89. The van der Waals surface area contributed by atoms with E-state index in [4.69, 9.17) is 0 Å². The smallest absolute Gasteiger partial charge is 0.216 e. The molecule has 1 rings (SSSR count). The molecule has 1 N–H and O–H groups in total. The van der Waals surface area contributed by atoms with Crippen LogP contribution in [0.5, 0.6) is 0 Å². The van der Waals surface area contributed by atoms with E-state index in [0.717, 1.165) is 5.46 Å². The minimum absolute atomic E-state index is 0.178. The summed E-state index contributed by atoms with van der Waals surface area (Å²) in [4.78, 5) is 10.9. The summed E-state index contributed by atoms with van der Waals surface area (Å²) in [5.41, 5.74) is 1.09. The Kier molecular flexibility index (Phi) is 3.12. The van der Waals surface area contributed by atoms with Crippen LogP contribution in [0.2, 0.25) is 6.32 Å². The molecule has 0 spiro atoms. The number of amides is 1. The molecule has 0 atom stereocenters. The summed E-state index contributed by atoms with van der Waals surface area (Å²) >= 11 is 0. The van der Waals surface area contributed by atoms with Gasteiger partial charge in [0, 0.05) is 0 Å². The fourth-order valence-corrected chi connectivity index (χ4v) is 0.960. The molecule has 0 heterocycles. The highest BCUT2D eigenvalue weighted by Crippen LogP contribution is 2.10. The molecule has 0 saturated carbocycles. The van der Waals surface area contributed by atoms with Crippen molar-refractivity contribution < 1.29 is 9.18 Å². The van der Waals surface area contributed by atoms with Crippen molar-refractivity contribution in [2.45, 2.75) is 6.32 Å². The maximum Gasteiger partial charge on any atom is 0.216 e. The lowest BCUT2D eigenvalue weighted by Crippen LogP contribution is -2.13. The highest BCUT2D eigenvalue weighted by molar-refractivity contribution is 6.32. The van der Waals surface area contributed by atoms with Crippen molar-refractivity contribution in [3.63, 3.8) is 0 Å². The van der Waals surface area contributed by atoms with Gasteiger partial charge >= 0.3 is 0 Å².